The second kappa shape index (κ2) is 6.21. The van der Waals surface area contributed by atoms with E-state index in [4.69, 9.17) is 4.42 Å². The van der Waals surface area contributed by atoms with Crippen molar-refractivity contribution in [3.8, 4) is 0 Å². The van der Waals surface area contributed by atoms with Crippen LogP contribution in [0, 0.1) is 13.8 Å². The van der Waals surface area contributed by atoms with E-state index in [9.17, 15) is 8.42 Å². The number of rotatable bonds is 5. The van der Waals surface area contributed by atoms with Gasteiger partial charge in [-0.2, -0.15) is 0 Å². The second-order valence-corrected chi connectivity index (χ2v) is 7.11. The Hall–Kier alpha value is -1.31. The summed E-state index contributed by atoms with van der Waals surface area (Å²) in [5.74, 6) is 0.547. The van der Waals surface area contributed by atoms with E-state index >= 15 is 0 Å². The molecule has 0 radical (unpaired) electrons. The molecule has 7 heteroatoms. The molecule has 1 aromatic carbocycles. The lowest BCUT2D eigenvalue weighted by atomic mass is 10.1. The van der Waals surface area contributed by atoms with Gasteiger partial charge in [0, 0.05) is 6.07 Å². The highest BCUT2D eigenvalue weighted by Crippen LogP contribution is 2.29. The third kappa shape index (κ3) is 3.48. The number of furan rings is 1. The Labute approximate surface area is 132 Å². The Morgan fingerprint density at radius 1 is 1.29 bits per heavy atom. The van der Waals surface area contributed by atoms with Crippen LogP contribution >= 0.6 is 15.9 Å². The van der Waals surface area contributed by atoms with Crippen LogP contribution in [0.4, 0.5) is 5.69 Å². The Morgan fingerprint density at radius 3 is 2.67 bits per heavy atom. The number of hydrogen-bond donors (Lipinski definition) is 2. The number of sulfonamides is 1. The van der Waals surface area contributed by atoms with E-state index in [0.717, 1.165) is 11.1 Å². The molecule has 5 nitrogen and oxygen atoms in total. The molecule has 1 aromatic heterocycles. The van der Waals surface area contributed by atoms with E-state index < -0.39 is 10.0 Å². The minimum atomic E-state index is -3.70. The summed E-state index contributed by atoms with van der Waals surface area (Å²) >= 11 is 3.16. The Bertz CT molecular complexity index is 754. The van der Waals surface area contributed by atoms with Crippen molar-refractivity contribution in [1.82, 2.24) is 5.32 Å². The maximum atomic E-state index is 12.5. The fourth-order valence-corrected chi connectivity index (χ4v) is 4.03. The number of aryl methyl sites for hydroxylation is 1. The van der Waals surface area contributed by atoms with Gasteiger partial charge in [0.25, 0.3) is 10.0 Å². The average molecular weight is 373 g/mol. The summed E-state index contributed by atoms with van der Waals surface area (Å²) in [7, 11) is -1.94. The van der Waals surface area contributed by atoms with E-state index in [1.54, 1.807) is 13.1 Å². The Balaban J connectivity index is 2.36. The van der Waals surface area contributed by atoms with Crippen LogP contribution in [0.1, 0.15) is 16.9 Å². The first kappa shape index (κ1) is 16.1. The van der Waals surface area contributed by atoms with Gasteiger partial charge in [-0.25, -0.2) is 8.42 Å². The van der Waals surface area contributed by atoms with Gasteiger partial charge in [-0.3, -0.25) is 4.72 Å². The van der Waals surface area contributed by atoms with Gasteiger partial charge < -0.3 is 9.73 Å². The van der Waals surface area contributed by atoms with E-state index in [1.165, 1.54) is 6.07 Å². The number of benzene rings is 1. The predicted octanol–water partition coefficient (Wildman–Crippen LogP) is 3.18. The molecule has 21 heavy (non-hydrogen) atoms. The molecule has 0 aliphatic heterocycles. The highest BCUT2D eigenvalue weighted by atomic mass is 79.9. The molecule has 1 heterocycles. The zero-order valence-corrected chi connectivity index (χ0v) is 14.4. The summed E-state index contributed by atoms with van der Waals surface area (Å²) in [6.45, 7) is 4.27. The molecule has 0 saturated heterocycles. The molecule has 0 atom stereocenters. The minimum Gasteiger partial charge on any atom is -0.451 e. The normalized spacial score (nSPS) is 11.6. The molecule has 2 aromatic rings. The molecule has 0 aliphatic carbocycles. The first-order valence-electron chi connectivity index (χ1n) is 6.37. The van der Waals surface area contributed by atoms with E-state index in [-0.39, 0.29) is 9.56 Å². The van der Waals surface area contributed by atoms with Crippen molar-refractivity contribution in [2.45, 2.75) is 25.3 Å². The fraction of sp³-hybridized carbons (Fsp3) is 0.286. The summed E-state index contributed by atoms with van der Waals surface area (Å²) < 4.78 is 33.1. The molecule has 0 bridgehead atoms. The van der Waals surface area contributed by atoms with Gasteiger partial charge in [0.15, 0.2) is 4.67 Å². The van der Waals surface area contributed by atoms with Crippen molar-refractivity contribution < 1.29 is 12.8 Å². The molecule has 0 unspecified atom stereocenters. The van der Waals surface area contributed by atoms with Crippen LogP contribution in [0.5, 0.6) is 0 Å². The predicted molar refractivity (Wildman–Crippen MR) is 85.9 cm³/mol. The Kier molecular flexibility index (Phi) is 4.75. The first-order chi connectivity index (χ1) is 9.85. The largest absolute Gasteiger partial charge is 0.451 e. The quantitative estimate of drug-likeness (QED) is 0.845. The summed E-state index contributed by atoms with van der Waals surface area (Å²) in [4.78, 5) is 0.0913. The third-order valence-electron chi connectivity index (χ3n) is 3.20. The molecule has 2 N–H and O–H groups in total. The monoisotopic (exact) mass is 372 g/mol. The summed E-state index contributed by atoms with van der Waals surface area (Å²) in [5, 5.41) is 2.91. The summed E-state index contributed by atoms with van der Waals surface area (Å²) in [6.07, 6.45) is 0. The number of hydrogen-bond acceptors (Lipinski definition) is 4. The highest BCUT2D eigenvalue weighted by molar-refractivity contribution is 9.10. The Morgan fingerprint density at radius 2 is 2.00 bits per heavy atom. The van der Waals surface area contributed by atoms with Crippen LogP contribution in [-0.4, -0.2) is 15.5 Å². The molecular formula is C14H17BrN2O3S. The van der Waals surface area contributed by atoms with Crippen LogP contribution < -0.4 is 10.0 Å². The molecule has 114 valence electrons. The lowest BCUT2D eigenvalue weighted by molar-refractivity contribution is 0.470. The van der Waals surface area contributed by atoms with Crippen molar-refractivity contribution in [3.05, 3.63) is 45.8 Å². The van der Waals surface area contributed by atoms with Gasteiger partial charge in [-0.15, -0.1) is 0 Å². The molecule has 0 amide bonds. The topological polar surface area (TPSA) is 71.3 Å². The van der Waals surface area contributed by atoms with Crippen molar-refractivity contribution >= 4 is 31.6 Å². The van der Waals surface area contributed by atoms with Gasteiger partial charge in [0.1, 0.15) is 10.7 Å². The van der Waals surface area contributed by atoms with Crippen molar-refractivity contribution in [1.29, 1.82) is 0 Å². The minimum absolute atomic E-state index is 0.0913. The second-order valence-electron chi connectivity index (χ2n) is 4.73. The molecule has 0 aliphatic rings. The van der Waals surface area contributed by atoms with Gasteiger partial charge in [0.2, 0.25) is 0 Å². The molecule has 0 fully saturated rings. The molecule has 2 rings (SSSR count). The van der Waals surface area contributed by atoms with Crippen molar-refractivity contribution in [2.24, 2.45) is 0 Å². The van der Waals surface area contributed by atoms with Crippen LogP contribution in [0.3, 0.4) is 0 Å². The van der Waals surface area contributed by atoms with Crippen molar-refractivity contribution in [2.75, 3.05) is 11.8 Å². The standard InChI is InChI=1S/C14H17BrN2O3S/c1-9-5-4-6-12(10(9)2)17-21(18,19)13-7-11(8-16-3)20-14(13)15/h4-7,16-17H,8H2,1-3H3. The molecule has 0 spiro atoms. The third-order valence-corrected chi connectivity index (χ3v) is 5.42. The zero-order chi connectivity index (χ0) is 15.6. The maximum absolute atomic E-state index is 12.5. The number of anilines is 1. The number of halogens is 1. The maximum Gasteiger partial charge on any atom is 0.266 e. The SMILES string of the molecule is CNCc1cc(S(=O)(=O)Nc2cccc(C)c2C)c(Br)o1. The summed E-state index contributed by atoms with van der Waals surface area (Å²) in [5.41, 5.74) is 2.49. The molecular weight excluding hydrogens is 356 g/mol. The zero-order valence-electron chi connectivity index (χ0n) is 12.0. The fourth-order valence-electron chi connectivity index (χ4n) is 1.90. The van der Waals surface area contributed by atoms with Gasteiger partial charge >= 0.3 is 0 Å². The van der Waals surface area contributed by atoms with E-state index in [2.05, 4.69) is 26.0 Å². The van der Waals surface area contributed by atoms with Gasteiger partial charge in [-0.05, 0) is 54.0 Å². The lowest BCUT2D eigenvalue weighted by Crippen LogP contribution is -2.14. The first-order valence-corrected chi connectivity index (χ1v) is 8.64. The smallest absolute Gasteiger partial charge is 0.266 e. The van der Waals surface area contributed by atoms with Gasteiger partial charge in [-0.1, -0.05) is 12.1 Å². The van der Waals surface area contributed by atoms with Crippen LogP contribution in [0.2, 0.25) is 0 Å². The molecule has 0 saturated carbocycles. The lowest BCUT2D eigenvalue weighted by Gasteiger charge is -2.11. The van der Waals surface area contributed by atoms with E-state index in [0.29, 0.717) is 18.0 Å². The van der Waals surface area contributed by atoms with Crippen molar-refractivity contribution in [3.63, 3.8) is 0 Å². The van der Waals surface area contributed by atoms with Crippen LogP contribution in [0.15, 0.2) is 38.2 Å². The van der Waals surface area contributed by atoms with Crippen LogP contribution in [-0.2, 0) is 16.6 Å². The van der Waals surface area contributed by atoms with Gasteiger partial charge in [0.05, 0.1) is 12.2 Å². The summed E-state index contributed by atoms with van der Waals surface area (Å²) in [6, 6.07) is 7.00. The number of nitrogens with one attached hydrogen (secondary N) is 2. The van der Waals surface area contributed by atoms with Crippen LogP contribution in [0.25, 0.3) is 0 Å². The average Bonchev–Trinajstić information content (AvgIpc) is 2.77. The van der Waals surface area contributed by atoms with E-state index in [1.807, 2.05) is 26.0 Å². The highest BCUT2D eigenvalue weighted by Gasteiger charge is 2.23.